The lowest BCUT2D eigenvalue weighted by atomic mass is 10.0. The number of nitrogens with zero attached hydrogens (tertiary/aromatic N) is 1. The Morgan fingerprint density at radius 3 is 2.26 bits per heavy atom. The molecule has 0 spiro atoms. The van der Waals surface area contributed by atoms with Crippen molar-refractivity contribution in [3.8, 4) is 0 Å². The maximum atomic E-state index is 12.8. The van der Waals surface area contributed by atoms with Gasteiger partial charge in [-0.15, -0.1) is 0 Å². The highest BCUT2D eigenvalue weighted by Gasteiger charge is 2.21. The second-order valence-electron chi connectivity index (χ2n) is 5.38. The summed E-state index contributed by atoms with van der Waals surface area (Å²) < 4.78 is 6.39. The summed E-state index contributed by atoms with van der Waals surface area (Å²) in [6.07, 6.45) is 1.54. The van der Waals surface area contributed by atoms with E-state index >= 15 is 0 Å². The molecule has 0 unspecified atom stereocenters. The molecule has 2 aromatic rings. The van der Waals surface area contributed by atoms with Crippen molar-refractivity contribution in [1.29, 1.82) is 0 Å². The Kier molecular flexibility index (Phi) is 4.69. The van der Waals surface area contributed by atoms with Crippen LogP contribution < -0.4 is 0 Å². The molecule has 5 heteroatoms. The zero-order valence-corrected chi connectivity index (χ0v) is 13.6. The third-order valence-electron chi connectivity index (χ3n) is 3.55. The van der Waals surface area contributed by atoms with Crippen molar-refractivity contribution in [3.63, 3.8) is 0 Å². The van der Waals surface area contributed by atoms with Gasteiger partial charge in [-0.25, -0.2) is 4.79 Å². The topological polar surface area (TPSA) is 68.5 Å². The Morgan fingerprint density at radius 1 is 1.13 bits per heavy atom. The van der Waals surface area contributed by atoms with E-state index in [1.165, 1.54) is 11.7 Å². The molecule has 0 amide bonds. The number of benzene rings is 1. The molecular weight excluding hydrogens is 294 g/mol. The molecule has 1 aromatic heterocycles. The van der Waals surface area contributed by atoms with Crippen LogP contribution in [0, 0.1) is 13.8 Å². The minimum absolute atomic E-state index is 0.0785. The summed E-state index contributed by atoms with van der Waals surface area (Å²) >= 11 is 0. The van der Waals surface area contributed by atoms with Crippen LogP contribution in [0.4, 0.5) is 0 Å². The van der Waals surface area contributed by atoms with E-state index in [1.54, 1.807) is 37.4 Å². The van der Waals surface area contributed by atoms with Gasteiger partial charge >= 0.3 is 5.97 Å². The van der Waals surface area contributed by atoms with Crippen LogP contribution in [-0.2, 0) is 9.53 Å². The van der Waals surface area contributed by atoms with E-state index in [2.05, 4.69) is 0 Å². The quantitative estimate of drug-likeness (QED) is 0.522. The molecule has 0 bridgehead atoms. The molecular formula is C18H19NO4. The van der Waals surface area contributed by atoms with Crippen molar-refractivity contribution in [3.05, 3.63) is 64.7 Å². The van der Waals surface area contributed by atoms with Gasteiger partial charge in [0.25, 0.3) is 0 Å². The van der Waals surface area contributed by atoms with Crippen molar-refractivity contribution in [1.82, 2.24) is 4.57 Å². The zero-order valence-electron chi connectivity index (χ0n) is 13.6. The van der Waals surface area contributed by atoms with Gasteiger partial charge in [0.15, 0.2) is 5.70 Å². The molecule has 0 fully saturated rings. The third kappa shape index (κ3) is 3.34. The van der Waals surface area contributed by atoms with Crippen LogP contribution in [0.5, 0.6) is 0 Å². The largest absolute Gasteiger partial charge is 0.499 e. The minimum atomic E-state index is -1.16. The van der Waals surface area contributed by atoms with Crippen LogP contribution >= 0.6 is 0 Å². The molecule has 0 saturated carbocycles. The molecule has 0 aliphatic rings. The second kappa shape index (κ2) is 6.52. The number of aliphatic carboxylic acids is 1. The number of methoxy groups -OCH3 is 1. The summed E-state index contributed by atoms with van der Waals surface area (Å²) in [6, 6.07) is 8.81. The third-order valence-corrected chi connectivity index (χ3v) is 3.55. The molecule has 0 atom stereocenters. The van der Waals surface area contributed by atoms with E-state index in [4.69, 9.17) is 4.74 Å². The Morgan fingerprint density at radius 2 is 1.74 bits per heavy atom. The summed E-state index contributed by atoms with van der Waals surface area (Å²) in [7, 11) is 1.40. The molecule has 120 valence electrons. The molecule has 0 saturated heterocycles. The van der Waals surface area contributed by atoms with Gasteiger partial charge in [-0.05, 0) is 45.0 Å². The van der Waals surface area contributed by atoms with Gasteiger partial charge in [0.2, 0.25) is 5.78 Å². The first-order valence-electron chi connectivity index (χ1n) is 7.14. The normalized spacial score (nSPS) is 11.8. The van der Waals surface area contributed by atoms with Crippen LogP contribution in [0.1, 0.15) is 34.1 Å². The number of hydrogen-bond acceptors (Lipinski definition) is 3. The van der Waals surface area contributed by atoms with E-state index < -0.39 is 5.97 Å². The first-order chi connectivity index (χ1) is 10.8. The highest BCUT2D eigenvalue weighted by atomic mass is 16.5. The van der Waals surface area contributed by atoms with Crippen molar-refractivity contribution in [2.24, 2.45) is 0 Å². The Balaban J connectivity index is 2.57. The van der Waals surface area contributed by atoms with Crippen molar-refractivity contribution >= 4 is 17.4 Å². The van der Waals surface area contributed by atoms with E-state index in [1.807, 2.05) is 19.9 Å². The molecule has 1 aromatic carbocycles. The average Bonchev–Trinajstić information content (AvgIpc) is 2.94. The highest BCUT2D eigenvalue weighted by molar-refractivity contribution is 6.14. The van der Waals surface area contributed by atoms with Gasteiger partial charge in [-0.3, -0.25) is 4.79 Å². The summed E-state index contributed by atoms with van der Waals surface area (Å²) in [6.45, 7) is 5.38. The maximum Gasteiger partial charge on any atom is 0.356 e. The number of hydrogen-bond donors (Lipinski definition) is 1. The van der Waals surface area contributed by atoms with Crippen molar-refractivity contribution in [2.45, 2.75) is 20.8 Å². The number of ether oxygens (including phenoxy) is 1. The molecule has 2 rings (SSSR count). The molecule has 23 heavy (non-hydrogen) atoms. The Labute approximate surface area is 134 Å². The van der Waals surface area contributed by atoms with Gasteiger partial charge in [0, 0.05) is 11.8 Å². The summed E-state index contributed by atoms with van der Waals surface area (Å²) in [5.41, 5.74) is 2.69. The zero-order chi connectivity index (χ0) is 17.1. The number of carbonyl (C=O) groups excluding carboxylic acids is 1. The standard InChI is InChI=1S/C18H19NO4/c1-11-8-12(2)10-14(9-11)17(20)15-6-5-7-19(15)16(18(21)22)13(3)23-4/h5-10H,1-4H3,(H,21,22)/b16-13+. The second-order valence-corrected chi connectivity index (χ2v) is 5.38. The number of carboxylic acid groups (broad SMARTS) is 1. The number of carboxylic acids is 1. The SMILES string of the molecule is CO/C(C)=C(\C(=O)O)n1cccc1C(=O)c1cc(C)cc(C)c1. The van der Waals surface area contributed by atoms with E-state index in [0.717, 1.165) is 11.1 Å². The van der Waals surface area contributed by atoms with Crippen molar-refractivity contribution < 1.29 is 19.4 Å². The fraction of sp³-hybridized carbons (Fsp3) is 0.222. The Bertz CT molecular complexity index is 779. The first-order valence-corrected chi connectivity index (χ1v) is 7.14. The van der Waals surface area contributed by atoms with Crippen LogP contribution in [0.2, 0.25) is 0 Å². The maximum absolute atomic E-state index is 12.8. The summed E-state index contributed by atoms with van der Waals surface area (Å²) in [5, 5.41) is 9.44. The van der Waals surface area contributed by atoms with Crippen LogP contribution in [-0.4, -0.2) is 28.5 Å². The highest BCUT2D eigenvalue weighted by Crippen LogP contribution is 2.20. The molecule has 1 N–H and O–H groups in total. The van der Waals surface area contributed by atoms with Gasteiger partial charge in [-0.1, -0.05) is 17.2 Å². The van der Waals surface area contributed by atoms with Gasteiger partial charge in [-0.2, -0.15) is 0 Å². The van der Waals surface area contributed by atoms with Gasteiger partial charge in [0.05, 0.1) is 12.8 Å². The molecule has 0 aliphatic carbocycles. The van der Waals surface area contributed by atoms with E-state index in [-0.39, 0.29) is 22.9 Å². The lowest BCUT2D eigenvalue weighted by molar-refractivity contribution is -0.130. The monoisotopic (exact) mass is 313 g/mol. The summed E-state index contributed by atoms with van der Waals surface area (Å²) in [5.74, 6) is -1.16. The molecule has 0 aliphatic heterocycles. The molecule has 5 nitrogen and oxygen atoms in total. The predicted molar refractivity (Wildman–Crippen MR) is 87.3 cm³/mol. The van der Waals surface area contributed by atoms with E-state index in [9.17, 15) is 14.7 Å². The number of allylic oxidation sites excluding steroid dienone is 1. The fourth-order valence-electron chi connectivity index (χ4n) is 2.53. The molecule has 1 heterocycles. The Hall–Kier alpha value is -2.82. The smallest absolute Gasteiger partial charge is 0.356 e. The predicted octanol–water partition coefficient (Wildman–Crippen LogP) is 3.26. The first kappa shape index (κ1) is 16.5. The lowest BCUT2D eigenvalue weighted by Gasteiger charge is -2.12. The number of rotatable bonds is 5. The van der Waals surface area contributed by atoms with Crippen LogP contribution in [0.15, 0.2) is 42.3 Å². The lowest BCUT2D eigenvalue weighted by Crippen LogP contribution is -2.16. The fourth-order valence-corrected chi connectivity index (χ4v) is 2.53. The van der Waals surface area contributed by atoms with Gasteiger partial charge in [0.1, 0.15) is 5.76 Å². The van der Waals surface area contributed by atoms with Gasteiger partial charge < -0.3 is 14.4 Å². The van der Waals surface area contributed by atoms with Crippen LogP contribution in [0.3, 0.4) is 0 Å². The molecule has 0 radical (unpaired) electrons. The van der Waals surface area contributed by atoms with Crippen molar-refractivity contribution in [2.75, 3.05) is 7.11 Å². The average molecular weight is 313 g/mol. The number of ketones is 1. The van der Waals surface area contributed by atoms with E-state index in [0.29, 0.717) is 5.56 Å². The number of aryl methyl sites for hydroxylation is 2. The number of aromatic nitrogens is 1. The minimum Gasteiger partial charge on any atom is -0.499 e. The van der Waals surface area contributed by atoms with Crippen LogP contribution in [0.25, 0.3) is 5.70 Å². The summed E-state index contributed by atoms with van der Waals surface area (Å²) in [4.78, 5) is 24.3. The number of carbonyl (C=O) groups is 2.